The zero-order valence-corrected chi connectivity index (χ0v) is 16.6. The van der Waals surface area contributed by atoms with Crippen molar-refractivity contribution in [1.29, 1.82) is 0 Å². The van der Waals surface area contributed by atoms with Gasteiger partial charge < -0.3 is 20.5 Å². The van der Waals surface area contributed by atoms with Crippen molar-refractivity contribution in [3.8, 4) is 0 Å². The minimum atomic E-state index is 0.0942. The van der Waals surface area contributed by atoms with E-state index in [0.29, 0.717) is 17.5 Å². The fourth-order valence-corrected chi connectivity index (χ4v) is 4.99. The molecular formula is C24H28N4O. The van der Waals surface area contributed by atoms with Crippen LogP contribution in [-0.4, -0.2) is 53.4 Å². The van der Waals surface area contributed by atoms with Gasteiger partial charge in [-0.1, -0.05) is 48.5 Å². The Kier molecular flexibility index (Phi) is 4.86. The first-order valence-corrected chi connectivity index (χ1v) is 10.6. The summed E-state index contributed by atoms with van der Waals surface area (Å²) in [6.07, 6.45) is 0.973. The van der Waals surface area contributed by atoms with Gasteiger partial charge in [-0.2, -0.15) is 0 Å². The van der Waals surface area contributed by atoms with Gasteiger partial charge in [0, 0.05) is 43.1 Å². The standard InChI is InChI=1S/C24H28N4O/c25-21(17-6-2-1-3-7-17)10-11-27-13-19-15-28(16-20(19)14-27)24(29)23-12-18-8-4-5-9-22(18)26-23/h1-9,12,19-21,26H,10-11,13-16,25H2/t19?,20?,21-/m0/s1. The summed E-state index contributed by atoms with van der Waals surface area (Å²) in [5.41, 5.74) is 9.30. The summed E-state index contributed by atoms with van der Waals surface area (Å²) in [7, 11) is 0. The highest BCUT2D eigenvalue weighted by Crippen LogP contribution is 2.32. The number of fused-ring (bicyclic) bond motifs is 2. The first kappa shape index (κ1) is 18.4. The summed E-state index contributed by atoms with van der Waals surface area (Å²) in [6.45, 7) is 4.89. The largest absolute Gasteiger partial charge is 0.351 e. The summed E-state index contributed by atoms with van der Waals surface area (Å²) >= 11 is 0. The van der Waals surface area contributed by atoms with E-state index in [1.165, 1.54) is 5.56 Å². The fraction of sp³-hybridized carbons (Fsp3) is 0.375. The van der Waals surface area contributed by atoms with Gasteiger partial charge in [0.2, 0.25) is 0 Å². The van der Waals surface area contributed by atoms with Crippen LogP contribution >= 0.6 is 0 Å². The molecule has 1 aromatic heterocycles. The number of likely N-dealkylation sites (tertiary alicyclic amines) is 2. The Morgan fingerprint density at radius 2 is 1.69 bits per heavy atom. The molecule has 0 spiro atoms. The molecule has 2 aliphatic rings. The van der Waals surface area contributed by atoms with Crippen LogP contribution in [0, 0.1) is 11.8 Å². The molecule has 3 aromatic rings. The molecule has 0 bridgehead atoms. The summed E-state index contributed by atoms with van der Waals surface area (Å²) in [5, 5.41) is 1.09. The van der Waals surface area contributed by atoms with Crippen LogP contribution in [-0.2, 0) is 0 Å². The lowest BCUT2D eigenvalue weighted by Gasteiger charge is -2.22. The van der Waals surface area contributed by atoms with Gasteiger partial charge in [0.1, 0.15) is 5.69 Å². The lowest BCUT2D eigenvalue weighted by Crippen LogP contribution is -2.34. The maximum Gasteiger partial charge on any atom is 0.270 e. The number of carbonyl (C=O) groups excluding carboxylic acids is 1. The summed E-state index contributed by atoms with van der Waals surface area (Å²) in [5.74, 6) is 1.29. The van der Waals surface area contributed by atoms with E-state index in [2.05, 4.69) is 22.0 Å². The number of rotatable bonds is 5. The lowest BCUT2D eigenvalue weighted by molar-refractivity contribution is 0.0769. The average Bonchev–Trinajstić information content (AvgIpc) is 3.44. The van der Waals surface area contributed by atoms with Crippen molar-refractivity contribution < 1.29 is 4.79 Å². The molecule has 1 amide bonds. The summed E-state index contributed by atoms with van der Waals surface area (Å²) in [6, 6.07) is 20.5. The number of nitrogens with two attached hydrogens (primary N) is 1. The second-order valence-corrected chi connectivity index (χ2v) is 8.57. The van der Waals surface area contributed by atoms with Crippen molar-refractivity contribution in [2.24, 2.45) is 17.6 Å². The average molecular weight is 389 g/mol. The number of nitrogens with one attached hydrogen (secondary N) is 1. The van der Waals surface area contributed by atoms with Crippen molar-refractivity contribution in [3.63, 3.8) is 0 Å². The Hall–Kier alpha value is -2.63. The SMILES string of the molecule is N[C@@H](CCN1CC2CN(C(=O)c3cc4ccccc4[nH]3)CC2C1)c1ccccc1. The number of aromatic amines is 1. The molecule has 2 fully saturated rings. The van der Waals surface area contributed by atoms with Crippen LogP contribution < -0.4 is 5.73 Å². The van der Waals surface area contributed by atoms with Crippen LogP contribution in [0.3, 0.4) is 0 Å². The maximum atomic E-state index is 13.0. The number of amides is 1. The van der Waals surface area contributed by atoms with Crippen molar-refractivity contribution >= 4 is 16.8 Å². The van der Waals surface area contributed by atoms with Crippen molar-refractivity contribution in [2.45, 2.75) is 12.5 Å². The van der Waals surface area contributed by atoms with Crippen LogP contribution in [0.5, 0.6) is 0 Å². The summed E-state index contributed by atoms with van der Waals surface area (Å²) < 4.78 is 0. The normalized spacial score (nSPS) is 22.9. The van der Waals surface area contributed by atoms with Gasteiger partial charge >= 0.3 is 0 Å². The van der Waals surface area contributed by atoms with Gasteiger partial charge in [0.25, 0.3) is 5.91 Å². The first-order chi connectivity index (χ1) is 14.2. The van der Waals surface area contributed by atoms with Crippen molar-refractivity contribution in [3.05, 3.63) is 71.9 Å². The predicted octanol–water partition coefficient (Wildman–Crippen LogP) is 3.26. The monoisotopic (exact) mass is 388 g/mol. The Bertz CT molecular complexity index is 951. The highest BCUT2D eigenvalue weighted by Gasteiger charge is 2.41. The van der Waals surface area contributed by atoms with Gasteiger partial charge in [0.15, 0.2) is 0 Å². The molecule has 150 valence electrons. The number of hydrogen-bond donors (Lipinski definition) is 2. The minimum Gasteiger partial charge on any atom is -0.351 e. The molecular weight excluding hydrogens is 360 g/mol. The minimum absolute atomic E-state index is 0.0942. The number of benzene rings is 2. The van der Waals surface area contributed by atoms with E-state index < -0.39 is 0 Å². The van der Waals surface area contributed by atoms with E-state index >= 15 is 0 Å². The number of para-hydroxylation sites is 1. The number of hydrogen-bond acceptors (Lipinski definition) is 3. The quantitative estimate of drug-likeness (QED) is 0.705. The predicted molar refractivity (Wildman–Crippen MR) is 116 cm³/mol. The molecule has 3 N–H and O–H groups in total. The lowest BCUT2D eigenvalue weighted by atomic mass is 10.0. The van der Waals surface area contributed by atoms with Gasteiger partial charge in [-0.05, 0) is 42.5 Å². The molecule has 29 heavy (non-hydrogen) atoms. The highest BCUT2D eigenvalue weighted by molar-refractivity contribution is 5.98. The third-order valence-corrected chi connectivity index (χ3v) is 6.59. The molecule has 2 aromatic carbocycles. The summed E-state index contributed by atoms with van der Waals surface area (Å²) in [4.78, 5) is 20.8. The third kappa shape index (κ3) is 3.68. The van der Waals surface area contributed by atoms with E-state index in [1.54, 1.807) is 0 Å². The molecule has 0 radical (unpaired) electrons. The van der Waals surface area contributed by atoms with E-state index in [4.69, 9.17) is 5.73 Å². The van der Waals surface area contributed by atoms with Crippen LogP contribution in [0.25, 0.3) is 10.9 Å². The zero-order valence-electron chi connectivity index (χ0n) is 16.6. The van der Waals surface area contributed by atoms with E-state index in [-0.39, 0.29) is 11.9 Å². The molecule has 2 aliphatic heterocycles. The second kappa shape index (κ2) is 7.65. The highest BCUT2D eigenvalue weighted by atomic mass is 16.2. The molecule has 2 saturated heterocycles. The Morgan fingerprint density at radius 3 is 2.41 bits per heavy atom. The van der Waals surface area contributed by atoms with E-state index in [9.17, 15) is 4.79 Å². The van der Waals surface area contributed by atoms with Crippen LogP contribution in [0.2, 0.25) is 0 Å². The Morgan fingerprint density at radius 1 is 1.00 bits per heavy atom. The van der Waals surface area contributed by atoms with Crippen LogP contribution in [0.4, 0.5) is 0 Å². The molecule has 5 rings (SSSR count). The Labute approximate surface area is 171 Å². The van der Waals surface area contributed by atoms with Crippen molar-refractivity contribution in [2.75, 3.05) is 32.7 Å². The van der Waals surface area contributed by atoms with E-state index in [0.717, 1.165) is 50.0 Å². The van der Waals surface area contributed by atoms with Gasteiger partial charge in [-0.3, -0.25) is 4.79 Å². The molecule has 2 unspecified atom stereocenters. The topological polar surface area (TPSA) is 65.4 Å². The van der Waals surface area contributed by atoms with Gasteiger partial charge in [-0.15, -0.1) is 0 Å². The Balaban J connectivity index is 1.15. The number of carbonyl (C=O) groups is 1. The second-order valence-electron chi connectivity index (χ2n) is 8.57. The molecule has 5 nitrogen and oxygen atoms in total. The molecule has 3 heterocycles. The van der Waals surface area contributed by atoms with Gasteiger partial charge in [0.05, 0.1) is 0 Å². The molecule has 0 saturated carbocycles. The number of H-pyrrole nitrogens is 1. The van der Waals surface area contributed by atoms with E-state index in [1.807, 2.05) is 53.4 Å². The number of aromatic nitrogens is 1. The molecule has 3 atom stereocenters. The van der Waals surface area contributed by atoms with Crippen molar-refractivity contribution in [1.82, 2.24) is 14.8 Å². The zero-order chi connectivity index (χ0) is 19.8. The first-order valence-electron chi connectivity index (χ1n) is 10.6. The van der Waals surface area contributed by atoms with Crippen LogP contribution in [0.1, 0.15) is 28.5 Å². The number of nitrogens with zero attached hydrogens (tertiary/aromatic N) is 2. The van der Waals surface area contributed by atoms with Gasteiger partial charge in [-0.25, -0.2) is 0 Å². The fourth-order valence-electron chi connectivity index (χ4n) is 4.99. The third-order valence-electron chi connectivity index (χ3n) is 6.59. The molecule has 5 heteroatoms. The maximum absolute atomic E-state index is 13.0. The van der Waals surface area contributed by atoms with Crippen LogP contribution in [0.15, 0.2) is 60.7 Å². The smallest absolute Gasteiger partial charge is 0.270 e. The molecule has 0 aliphatic carbocycles.